The maximum absolute atomic E-state index is 8.09. The fourth-order valence-corrected chi connectivity index (χ4v) is 2.14. The van der Waals surface area contributed by atoms with Crippen LogP contribution in [0, 0.1) is 12.3 Å². The average Bonchev–Trinajstić information content (AvgIpc) is 2.30. The van der Waals surface area contributed by atoms with Crippen LogP contribution in [0.15, 0.2) is 28.2 Å². The largest absolute Gasteiger partial charge is 0.397 e. The lowest BCUT2D eigenvalue weighted by atomic mass is 9.85. The van der Waals surface area contributed by atoms with Crippen molar-refractivity contribution in [3.63, 3.8) is 0 Å². The van der Waals surface area contributed by atoms with Crippen molar-refractivity contribution in [2.24, 2.45) is 4.36 Å². The molecule has 3 nitrogen and oxygen atoms in total. The normalized spacial score (nSPS) is 14.4. The number of nitrogen functional groups attached to an aromatic ring is 1. The van der Waals surface area contributed by atoms with Crippen molar-refractivity contribution < 1.29 is 0 Å². The summed E-state index contributed by atoms with van der Waals surface area (Å²) in [4.78, 5) is 0. The number of nitrogens with zero attached hydrogens (tertiary/aromatic N) is 1. The summed E-state index contributed by atoms with van der Waals surface area (Å²) in [5.41, 5.74) is 11.8. The number of hydrogen-bond acceptors (Lipinski definition) is 4. The Morgan fingerprint density at radius 3 is 2.65 bits per heavy atom. The van der Waals surface area contributed by atoms with Crippen molar-refractivity contribution >= 4 is 35.6 Å². The molecule has 1 aromatic carbocycles. The van der Waals surface area contributed by atoms with Gasteiger partial charge in [0.2, 0.25) is 0 Å². The number of aryl methyl sites for hydroxylation is 1. The Hall–Kier alpha value is -1.81. The van der Waals surface area contributed by atoms with Crippen LogP contribution in [0.1, 0.15) is 23.6 Å². The molecule has 4 heteroatoms. The molecule has 17 heavy (non-hydrogen) atoms. The first-order valence-corrected chi connectivity index (χ1v) is 5.57. The first kappa shape index (κ1) is 11.7. The van der Waals surface area contributed by atoms with Crippen molar-refractivity contribution in [3.8, 4) is 0 Å². The van der Waals surface area contributed by atoms with Crippen molar-refractivity contribution in [1.29, 1.82) is 5.41 Å². The molecule has 0 atom stereocenters. The van der Waals surface area contributed by atoms with Gasteiger partial charge in [0.05, 0.1) is 11.4 Å². The summed E-state index contributed by atoms with van der Waals surface area (Å²) in [5, 5.41) is 8.09. The van der Waals surface area contributed by atoms with Crippen LogP contribution in [0.5, 0.6) is 0 Å². The zero-order valence-corrected chi connectivity index (χ0v) is 10.6. The molecule has 0 aliphatic heterocycles. The minimum absolute atomic E-state index is 0.419. The highest BCUT2D eigenvalue weighted by Crippen LogP contribution is 2.38. The average molecular weight is 243 g/mol. The molecule has 86 valence electrons. The van der Waals surface area contributed by atoms with Crippen molar-refractivity contribution in [2.75, 3.05) is 5.73 Å². The Morgan fingerprint density at radius 1 is 1.41 bits per heavy atom. The Bertz CT molecular complexity index is 597. The van der Waals surface area contributed by atoms with Crippen LogP contribution in [0.25, 0.3) is 6.08 Å². The number of rotatable bonds is 1. The Labute approximate surface area is 106 Å². The van der Waals surface area contributed by atoms with Gasteiger partial charge in [-0.2, -0.15) is 4.36 Å². The number of benzene rings is 1. The Morgan fingerprint density at radius 2 is 2.06 bits per heavy atom. The van der Waals surface area contributed by atoms with Crippen LogP contribution in [-0.4, -0.2) is 5.71 Å². The van der Waals surface area contributed by atoms with Gasteiger partial charge in [-0.3, -0.25) is 5.41 Å². The van der Waals surface area contributed by atoms with E-state index >= 15 is 0 Å². The molecule has 0 aromatic heterocycles. The SMILES string of the molecule is C=C1C(=N)c2cc(C)c(N)c(N=S)c2C=C1C. The van der Waals surface area contributed by atoms with Gasteiger partial charge in [0.1, 0.15) is 5.69 Å². The topological polar surface area (TPSA) is 62.2 Å². The molecule has 0 saturated carbocycles. The highest BCUT2D eigenvalue weighted by atomic mass is 32.1. The van der Waals surface area contributed by atoms with E-state index in [9.17, 15) is 0 Å². The van der Waals surface area contributed by atoms with E-state index in [1.165, 1.54) is 0 Å². The standard InChI is InChI=1S/C13H13N3S/c1-6-4-10-9(12(15)8(6)3)5-7(2)11(14)13(10)16-17/h4-5,15H,3,14H2,1-2H3. The molecule has 0 saturated heterocycles. The Balaban J connectivity index is 2.88. The molecular formula is C13H13N3S. The van der Waals surface area contributed by atoms with Gasteiger partial charge in [-0.05, 0) is 42.7 Å². The summed E-state index contributed by atoms with van der Waals surface area (Å²) in [7, 11) is 0. The zero-order valence-electron chi connectivity index (χ0n) is 9.79. The van der Waals surface area contributed by atoms with Gasteiger partial charge in [-0.15, -0.1) is 0 Å². The molecular weight excluding hydrogens is 230 g/mol. The van der Waals surface area contributed by atoms with Gasteiger partial charge in [-0.1, -0.05) is 6.58 Å². The summed E-state index contributed by atoms with van der Waals surface area (Å²) in [6, 6.07) is 1.89. The van der Waals surface area contributed by atoms with Crippen molar-refractivity contribution in [2.45, 2.75) is 13.8 Å². The monoisotopic (exact) mass is 243 g/mol. The summed E-state index contributed by atoms with van der Waals surface area (Å²) >= 11 is 4.78. The molecule has 0 unspecified atom stereocenters. The minimum atomic E-state index is 0.419. The quantitative estimate of drug-likeness (QED) is 0.743. The molecule has 0 radical (unpaired) electrons. The van der Waals surface area contributed by atoms with Gasteiger partial charge in [0.25, 0.3) is 0 Å². The number of allylic oxidation sites excluding steroid dienone is 2. The smallest absolute Gasteiger partial charge is 0.108 e. The molecule has 1 aromatic rings. The number of nitrogens with one attached hydrogen (secondary N) is 1. The summed E-state index contributed by atoms with van der Waals surface area (Å²) in [5.74, 6) is 0. The third-order valence-electron chi connectivity index (χ3n) is 3.09. The fourth-order valence-electron chi connectivity index (χ4n) is 1.95. The second-order valence-corrected chi connectivity index (χ2v) is 4.37. The molecule has 0 fully saturated rings. The lowest BCUT2D eigenvalue weighted by Gasteiger charge is -2.21. The number of fused-ring (bicyclic) bond motifs is 1. The third kappa shape index (κ3) is 1.61. The van der Waals surface area contributed by atoms with E-state index in [4.69, 9.17) is 23.6 Å². The minimum Gasteiger partial charge on any atom is -0.397 e. The van der Waals surface area contributed by atoms with Crippen LogP contribution in [0.2, 0.25) is 0 Å². The van der Waals surface area contributed by atoms with E-state index in [0.29, 0.717) is 17.1 Å². The zero-order chi connectivity index (χ0) is 12.7. The first-order valence-electron chi connectivity index (χ1n) is 5.20. The molecule has 2 rings (SSSR count). The fraction of sp³-hybridized carbons (Fsp3) is 0.154. The van der Waals surface area contributed by atoms with Gasteiger partial charge in [0, 0.05) is 23.6 Å². The molecule has 0 bridgehead atoms. The highest BCUT2D eigenvalue weighted by Gasteiger charge is 2.22. The van der Waals surface area contributed by atoms with E-state index in [1.54, 1.807) is 0 Å². The maximum atomic E-state index is 8.09. The number of nitrogens with two attached hydrogens (primary N) is 1. The van der Waals surface area contributed by atoms with E-state index in [0.717, 1.165) is 27.8 Å². The maximum Gasteiger partial charge on any atom is 0.108 e. The van der Waals surface area contributed by atoms with Crippen molar-refractivity contribution in [3.05, 3.63) is 40.5 Å². The molecule has 0 amide bonds. The molecule has 3 N–H and O–H groups in total. The van der Waals surface area contributed by atoms with E-state index in [-0.39, 0.29) is 0 Å². The predicted molar refractivity (Wildman–Crippen MR) is 74.7 cm³/mol. The van der Waals surface area contributed by atoms with E-state index in [1.807, 2.05) is 26.0 Å². The molecule has 1 aliphatic carbocycles. The number of anilines is 1. The second-order valence-electron chi connectivity index (χ2n) is 4.19. The second kappa shape index (κ2) is 3.89. The van der Waals surface area contributed by atoms with Gasteiger partial charge < -0.3 is 5.73 Å². The lowest BCUT2D eigenvalue weighted by molar-refractivity contribution is 1.34. The van der Waals surface area contributed by atoms with Crippen LogP contribution in [0.4, 0.5) is 11.4 Å². The summed E-state index contributed by atoms with van der Waals surface area (Å²) in [6.45, 7) is 7.71. The van der Waals surface area contributed by atoms with Crippen LogP contribution < -0.4 is 5.73 Å². The highest BCUT2D eigenvalue weighted by molar-refractivity contribution is 7.47. The third-order valence-corrected chi connectivity index (χ3v) is 3.27. The lowest BCUT2D eigenvalue weighted by Crippen LogP contribution is -2.12. The Kier molecular flexibility index (Phi) is 2.67. The predicted octanol–water partition coefficient (Wildman–Crippen LogP) is 3.28. The summed E-state index contributed by atoms with van der Waals surface area (Å²) < 4.78 is 3.83. The molecule has 0 heterocycles. The van der Waals surface area contributed by atoms with Crippen LogP contribution in [-0.2, 0) is 12.4 Å². The first-order chi connectivity index (χ1) is 7.97. The van der Waals surface area contributed by atoms with E-state index < -0.39 is 0 Å². The van der Waals surface area contributed by atoms with Crippen molar-refractivity contribution in [1.82, 2.24) is 0 Å². The number of hydrogen-bond donors (Lipinski definition) is 2. The van der Waals surface area contributed by atoms with Gasteiger partial charge in [-0.25, -0.2) is 0 Å². The van der Waals surface area contributed by atoms with Gasteiger partial charge >= 0.3 is 0 Å². The summed E-state index contributed by atoms with van der Waals surface area (Å²) in [6.07, 6.45) is 1.94. The molecule has 0 spiro atoms. The van der Waals surface area contributed by atoms with Crippen LogP contribution in [0.3, 0.4) is 0 Å². The van der Waals surface area contributed by atoms with Crippen LogP contribution >= 0.6 is 0 Å². The van der Waals surface area contributed by atoms with E-state index in [2.05, 4.69) is 10.9 Å². The molecule has 1 aliphatic rings. The van der Waals surface area contributed by atoms with Gasteiger partial charge in [0.15, 0.2) is 0 Å².